The molecule has 2 aliphatic heterocycles. The molecule has 2 aromatic rings. The zero-order chi connectivity index (χ0) is 18.3. The molecule has 1 unspecified atom stereocenters. The molecule has 1 aromatic carbocycles. The minimum atomic E-state index is -0.307. The molecule has 0 radical (unpaired) electrons. The SMILES string of the molecule is CC1C=C(C=C2SC(=N)N(c3nccs3)C2=O)C(c2ccc(F)cc2)=N1. The first-order valence-corrected chi connectivity index (χ1v) is 9.50. The summed E-state index contributed by atoms with van der Waals surface area (Å²) in [5.74, 6) is -0.577. The Morgan fingerprint density at radius 2 is 2.08 bits per heavy atom. The molecule has 1 N–H and O–H groups in total. The quantitative estimate of drug-likeness (QED) is 0.813. The van der Waals surface area contributed by atoms with Gasteiger partial charge in [-0.05, 0) is 54.6 Å². The third-order valence-corrected chi connectivity index (χ3v) is 5.51. The second-order valence-electron chi connectivity index (χ2n) is 5.72. The van der Waals surface area contributed by atoms with Crippen LogP contribution in [0.25, 0.3) is 0 Å². The molecule has 8 heteroatoms. The van der Waals surface area contributed by atoms with Crippen LogP contribution in [0.5, 0.6) is 0 Å². The maximum absolute atomic E-state index is 13.2. The largest absolute Gasteiger partial charge is 0.278 e. The minimum Gasteiger partial charge on any atom is -0.278 e. The first-order chi connectivity index (χ1) is 12.5. The summed E-state index contributed by atoms with van der Waals surface area (Å²) in [7, 11) is 0. The van der Waals surface area contributed by atoms with Crippen molar-refractivity contribution in [1.29, 1.82) is 5.41 Å². The van der Waals surface area contributed by atoms with Gasteiger partial charge in [-0.1, -0.05) is 6.08 Å². The number of carbonyl (C=O) groups is 1. The summed E-state index contributed by atoms with van der Waals surface area (Å²) in [6, 6.07) is 6.10. The van der Waals surface area contributed by atoms with Gasteiger partial charge in [0.05, 0.1) is 16.7 Å². The summed E-state index contributed by atoms with van der Waals surface area (Å²) in [4.78, 5) is 23.2. The zero-order valence-electron chi connectivity index (χ0n) is 13.6. The van der Waals surface area contributed by atoms with E-state index in [-0.39, 0.29) is 22.9 Å². The fourth-order valence-electron chi connectivity index (χ4n) is 2.75. The van der Waals surface area contributed by atoms with Crippen molar-refractivity contribution in [3.8, 4) is 0 Å². The Balaban J connectivity index is 1.66. The molecule has 3 heterocycles. The fraction of sp³-hybridized carbons (Fsp3) is 0.111. The average Bonchev–Trinajstić information content (AvgIpc) is 3.30. The van der Waals surface area contributed by atoms with E-state index in [1.807, 2.05) is 13.0 Å². The van der Waals surface area contributed by atoms with E-state index in [1.54, 1.807) is 29.8 Å². The number of nitrogens with one attached hydrogen (secondary N) is 1. The third-order valence-electron chi connectivity index (χ3n) is 3.87. The average molecular weight is 384 g/mol. The van der Waals surface area contributed by atoms with Crippen LogP contribution in [0.3, 0.4) is 0 Å². The molecule has 0 saturated carbocycles. The van der Waals surface area contributed by atoms with Crippen molar-refractivity contribution in [2.24, 2.45) is 4.99 Å². The summed E-state index contributed by atoms with van der Waals surface area (Å²) < 4.78 is 13.2. The van der Waals surface area contributed by atoms with E-state index in [2.05, 4.69) is 9.98 Å². The summed E-state index contributed by atoms with van der Waals surface area (Å²) in [6.07, 6.45) is 5.31. The molecule has 5 nitrogen and oxygen atoms in total. The minimum absolute atomic E-state index is 0.0297. The maximum atomic E-state index is 13.2. The molecule has 26 heavy (non-hydrogen) atoms. The lowest BCUT2D eigenvalue weighted by atomic mass is 10.0. The highest BCUT2D eigenvalue weighted by atomic mass is 32.2. The van der Waals surface area contributed by atoms with Gasteiger partial charge in [-0.3, -0.25) is 15.2 Å². The van der Waals surface area contributed by atoms with Gasteiger partial charge in [0.15, 0.2) is 10.3 Å². The summed E-state index contributed by atoms with van der Waals surface area (Å²) >= 11 is 2.41. The van der Waals surface area contributed by atoms with E-state index in [1.165, 1.54) is 28.4 Å². The molecule has 1 aromatic heterocycles. The molecule has 4 rings (SSSR count). The topological polar surface area (TPSA) is 69.4 Å². The highest BCUT2D eigenvalue weighted by Crippen LogP contribution is 2.36. The van der Waals surface area contributed by atoms with Gasteiger partial charge in [-0.15, -0.1) is 11.3 Å². The Hall–Kier alpha value is -2.58. The van der Waals surface area contributed by atoms with Crippen LogP contribution in [-0.4, -0.2) is 27.8 Å². The van der Waals surface area contributed by atoms with E-state index < -0.39 is 0 Å². The van der Waals surface area contributed by atoms with E-state index >= 15 is 0 Å². The number of rotatable bonds is 3. The van der Waals surface area contributed by atoms with Crippen LogP contribution in [0.4, 0.5) is 9.52 Å². The van der Waals surface area contributed by atoms with Gasteiger partial charge in [0.1, 0.15) is 5.82 Å². The molecule has 0 spiro atoms. The smallest absolute Gasteiger partial charge is 0.273 e. The zero-order valence-corrected chi connectivity index (χ0v) is 15.3. The molecule has 2 aliphatic rings. The number of carbonyl (C=O) groups excluding carboxylic acids is 1. The number of allylic oxidation sites excluding steroid dienone is 2. The number of aromatic nitrogens is 1. The lowest BCUT2D eigenvalue weighted by Crippen LogP contribution is -2.27. The molecule has 0 aliphatic carbocycles. The van der Waals surface area contributed by atoms with E-state index in [4.69, 9.17) is 5.41 Å². The van der Waals surface area contributed by atoms with Crippen LogP contribution < -0.4 is 4.90 Å². The van der Waals surface area contributed by atoms with Gasteiger partial charge in [0.2, 0.25) is 0 Å². The number of amides is 1. The summed E-state index contributed by atoms with van der Waals surface area (Å²) in [5.41, 5.74) is 2.31. The van der Waals surface area contributed by atoms with Gasteiger partial charge in [0.25, 0.3) is 5.91 Å². The first kappa shape index (κ1) is 16.9. The number of benzene rings is 1. The number of anilines is 1. The van der Waals surface area contributed by atoms with Crippen molar-refractivity contribution >= 4 is 45.0 Å². The van der Waals surface area contributed by atoms with Crippen molar-refractivity contribution in [1.82, 2.24) is 4.98 Å². The maximum Gasteiger partial charge on any atom is 0.273 e. The van der Waals surface area contributed by atoms with Crippen molar-refractivity contribution in [3.05, 3.63) is 69.9 Å². The Morgan fingerprint density at radius 3 is 2.77 bits per heavy atom. The number of hydrogen-bond acceptors (Lipinski definition) is 6. The molecule has 130 valence electrons. The normalized spacial score (nSPS) is 21.5. The molecular formula is C18H13FN4OS2. The van der Waals surface area contributed by atoms with E-state index in [0.717, 1.165) is 28.6 Å². The van der Waals surface area contributed by atoms with Crippen LogP contribution in [-0.2, 0) is 4.79 Å². The van der Waals surface area contributed by atoms with Gasteiger partial charge < -0.3 is 0 Å². The summed E-state index contributed by atoms with van der Waals surface area (Å²) in [6.45, 7) is 1.95. The lowest BCUT2D eigenvalue weighted by Gasteiger charge is -2.09. The number of halogens is 1. The molecule has 1 atom stereocenters. The van der Waals surface area contributed by atoms with Gasteiger partial charge in [-0.2, -0.15) is 0 Å². The number of aliphatic imine (C=N–C) groups is 1. The van der Waals surface area contributed by atoms with Crippen molar-refractivity contribution < 1.29 is 9.18 Å². The fourth-order valence-corrected chi connectivity index (χ4v) is 4.28. The highest BCUT2D eigenvalue weighted by molar-refractivity contribution is 8.19. The lowest BCUT2D eigenvalue weighted by molar-refractivity contribution is -0.113. The Bertz CT molecular complexity index is 977. The van der Waals surface area contributed by atoms with Crippen molar-refractivity contribution in [2.45, 2.75) is 13.0 Å². The Kier molecular flexibility index (Phi) is 4.29. The van der Waals surface area contributed by atoms with E-state index in [0.29, 0.717) is 10.0 Å². The van der Waals surface area contributed by atoms with Gasteiger partial charge >= 0.3 is 0 Å². The van der Waals surface area contributed by atoms with Crippen LogP contribution in [0.2, 0.25) is 0 Å². The Morgan fingerprint density at radius 1 is 1.31 bits per heavy atom. The number of thiazole rings is 1. The third kappa shape index (κ3) is 3.02. The second-order valence-corrected chi connectivity index (χ2v) is 7.62. The van der Waals surface area contributed by atoms with Gasteiger partial charge in [-0.25, -0.2) is 14.3 Å². The van der Waals surface area contributed by atoms with Crippen molar-refractivity contribution in [2.75, 3.05) is 4.90 Å². The molecule has 1 saturated heterocycles. The molecular weight excluding hydrogens is 371 g/mol. The molecule has 1 amide bonds. The number of nitrogens with zero attached hydrogens (tertiary/aromatic N) is 3. The number of amidine groups is 1. The summed E-state index contributed by atoms with van der Waals surface area (Å²) in [5, 5.41) is 10.5. The van der Waals surface area contributed by atoms with Crippen LogP contribution in [0.1, 0.15) is 12.5 Å². The van der Waals surface area contributed by atoms with Crippen molar-refractivity contribution in [3.63, 3.8) is 0 Å². The predicted molar refractivity (Wildman–Crippen MR) is 103 cm³/mol. The number of thioether (sulfide) groups is 1. The monoisotopic (exact) mass is 384 g/mol. The van der Waals surface area contributed by atoms with Crippen LogP contribution in [0.15, 0.2) is 63.5 Å². The number of hydrogen-bond donors (Lipinski definition) is 1. The van der Waals surface area contributed by atoms with Gasteiger partial charge in [0, 0.05) is 17.1 Å². The molecule has 1 fully saturated rings. The predicted octanol–water partition coefficient (Wildman–Crippen LogP) is 4.00. The van der Waals surface area contributed by atoms with Crippen LogP contribution in [0, 0.1) is 11.2 Å². The highest BCUT2D eigenvalue weighted by Gasteiger charge is 2.35. The molecule has 0 bridgehead atoms. The standard InChI is InChI=1S/C18H13FN4OS2/c1-10-8-12(15(22-10)11-2-4-13(19)5-3-11)9-14-16(24)23(17(20)26-14)18-21-6-7-25-18/h2-10,20H,1H3. The van der Waals surface area contributed by atoms with E-state index in [9.17, 15) is 9.18 Å². The van der Waals surface area contributed by atoms with Crippen LogP contribution >= 0.6 is 23.1 Å². The Labute approximate surface area is 157 Å². The second kappa shape index (κ2) is 6.62. The first-order valence-electron chi connectivity index (χ1n) is 7.81.